The zero-order chi connectivity index (χ0) is 23.2. The number of amides is 3. The molecule has 8 nitrogen and oxygen atoms in total. The van der Waals surface area contributed by atoms with Gasteiger partial charge in [-0.2, -0.15) is 0 Å². The zero-order valence-electron chi connectivity index (χ0n) is 19.1. The van der Waals surface area contributed by atoms with Gasteiger partial charge < -0.3 is 24.8 Å². The molecule has 1 saturated heterocycles. The summed E-state index contributed by atoms with van der Waals surface area (Å²) >= 11 is 0. The Morgan fingerprint density at radius 2 is 1.91 bits per heavy atom. The van der Waals surface area contributed by atoms with Gasteiger partial charge in [0.15, 0.2) is 0 Å². The highest BCUT2D eigenvalue weighted by Crippen LogP contribution is 2.34. The van der Waals surface area contributed by atoms with Crippen molar-refractivity contribution in [2.75, 3.05) is 31.6 Å². The summed E-state index contributed by atoms with van der Waals surface area (Å²) in [7, 11) is 0. The van der Waals surface area contributed by atoms with Crippen LogP contribution in [0.25, 0.3) is 0 Å². The van der Waals surface area contributed by atoms with Crippen molar-refractivity contribution in [1.29, 1.82) is 0 Å². The second kappa shape index (κ2) is 10.6. The van der Waals surface area contributed by atoms with E-state index in [0.717, 1.165) is 30.7 Å². The molecule has 0 saturated carbocycles. The van der Waals surface area contributed by atoms with Crippen LogP contribution in [0.5, 0.6) is 5.75 Å². The summed E-state index contributed by atoms with van der Waals surface area (Å²) < 4.78 is 7.48. The van der Waals surface area contributed by atoms with Crippen LogP contribution in [0.3, 0.4) is 0 Å². The van der Waals surface area contributed by atoms with Gasteiger partial charge in [0.1, 0.15) is 5.75 Å². The van der Waals surface area contributed by atoms with Crippen molar-refractivity contribution < 1.29 is 14.3 Å². The van der Waals surface area contributed by atoms with Crippen LogP contribution in [0.1, 0.15) is 44.2 Å². The summed E-state index contributed by atoms with van der Waals surface area (Å²) in [6.07, 6.45) is 3.28. The maximum atomic E-state index is 12.7. The lowest BCUT2D eigenvalue weighted by Crippen LogP contribution is -2.52. The van der Waals surface area contributed by atoms with Gasteiger partial charge in [-0.25, -0.2) is 4.79 Å². The van der Waals surface area contributed by atoms with E-state index in [1.165, 1.54) is 0 Å². The first-order valence-electron chi connectivity index (χ1n) is 11.8. The van der Waals surface area contributed by atoms with E-state index in [1.54, 1.807) is 12.1 Å². The third-order valence-corrected chi connectivity index (χ3v) is 6.30. The number of unbranched alkanes of at least 4 members (excludes halogenated alkanes) is 1. The highest BCUT2D eigenvalue weighted by Gasteiger charge is 2.36. The minimum atomic E-state index is -0.155. The number of piperidine rings is 1. The van der Waals surface area contributed by atoms with Crippen LogP contribution < -0.4 is 20.9 Å². The number of hydrogen-bond acceptors (Lipinski definition) is 4. The SMILES string of the molecule is CCCCOc1ccc(NC(=O)CCNC(=O)N2C[C@H]3C[C@H](C2)c2cccc(=O)n2C3)cc1. The highest BCUT2D eigenvalue weighted by atomic mass is 16.5. The molecule has 1 aromatic carbocycles. The number of anilines is 1. The molecule has 3 heterocycles. The van der Waals surface area contributed by atoms with E-state index in [-0.39, 0.29) is 42.3 Å². The summed E-state index contributed by atoms with van der Waals surface area (Å²) in [5.41, 5.74) is 1.74. The fraction of sp³-hybridized carbons (Fsp3) is 0.480. The second-order valence-electron chi connectivity index (χ2n) is 8.86. The highest BCUT2D eigenvalue weighted by molar-refractivity contribution is 5.91. The van der Waals surface area contributed by atoms with Crippen LogP contribution in [0.2, 0.25) is 0 Å². The maximum Gasteiger partial charge on any atom is 0.317 e. The van der Waals surface area contributed by atoms with Crippen LogP contribution in [0.15, 0.2) is 47.3 Å². The number of aromatic nitrogens is 1. The molecule has 2 atom stereocenters. The normalized spacial score (nSPS) is 18.9. The minimum absolute atomic E-state index is 0.0322. The first-order chi connectivity index (χ1) is 16.0. The molecule has 1 aromatic heterocycles. The number of likely N-dealkylation sites (tertiary alicyclic amines) is 1. The molecule has 2 bridgehead atoms. The number of fused-ring (bicyclic) bond motifs is 4. The van der Waals surface area contributed by atoms with Crippen LogP contribution in [-0.2, 0) is 11.3 Å². The smallest absolute Gasteiger partial charge is 0.317 e. The van der Waals surface area contributed by atoms with Gasteiger partial charge in [-0.1, -0.05) is 19.4 Å². The number of urea groups is 1. The lowest BCUT2D eigenvalue weighted by atomic mass is 9.83. The largest absolute Gasteiger partial charge is 0.494 e. The summed E-state index contributed by atoms with van der Waals surface area (Å²) in [6, 6.07) is 12.5. The van der Waals surface area contributed by atoms with Gasteiger partial charge >= 0.3 is 6.03 Å². The minimum Gasteiger partial charge on any atom is -0.494 e. The van der Waals surface area contributed by atoms with Crippen molar-refractivity contribution in [3.05, 3.63) is 58.5 Å². The number of rotatable bonds is 8. The standard InChI is InChI=1S/C25H32N4O4/c1-2-3-13-33-21-9-7-20(8-10-21)27-23(30)11-12-26-25(32)28-15-18-14-19(17-28)22-5-4-6-24(31)29(22)16-18/h4-10,18-19H,2-3,11-17H2,1H3,(H,26,32)(H,27,30)/t18-,19-/m1/s1. The molecule has 2 N–H and O–H groups in total. The third kappa shape index (κ3) is 5.74. The van der Waals surface area contributed by atoms with Crippen molar-refractivity contribution in [2.24, 2.45) is 5.92 Å². The molecule has 33 heavy (non-hydrogen) atoms. The fourth-order valence-electron chi connectivity index (χ4n) is 4.65. The molecule has 3 amide bonds. The second-order valence-corrected chi connectivity index (χ2v) is 8.86. The number of carbonyl (C=O) groups excluding carboxylic acids is 2. The maximum absolute atomic E-state index is 12.7. The van der Waals surface area contributed by atoms with E-state index in [2.05, 4.69) is 17.6 Å². The molecule has 2 aliphatic heterocycles. The lowest BCUT2D eigenvalue weighted by Gasteiger charge is -2.42. The van der Waals surface area contributed by atoms with Gasteiger partial charge in [-0.15, -0.1) is 0 Å². The number of ether oxygens (including phenoxy) is 1. The average molecular weight is 453 g/mol. The van der Waals surface area contributed by atoms with Gasteiger partial charge in [0, 0.05) is 56.0 Å². The van der Waals surface area contributed by atoms with E-state index >= 15 is 0 Å². The average Bonchev–Trinajstić information content (AvgIpc) is 2.81. The number of nitrogens with zero attached hydrogens (tertiary/aromatic N) is 2. The van der Waals surface area contributed by atoms with E-state index < -0.39 is 0 Å². The molecule has 2 aliphatic rings. The van der Waals surface area contributed by atoms with E-state index in [4.69, 9.17) is 4.74 Å². The summed E-state index contributed by atoms with van der Waals surface area (Å²) in [5.74, 6) is 1.08. The molecule has 176 valence electrons. The number of pyridine rings is 1. The van der Waals surface area contributed by atoms with Crippen molar-refractivity contribution in [1.82, 2.24) is 14.8 Å². The van der Waals surface area contributed by atoms with Crippen molar-refractivity contribution in [2.45, 2.75) is 45.1 Å². The first kappa shape index (κ1) is 22.9. The quantitative estimate of drug-likeness (QED) is 0.602. The Morgan fingerprint density at radius 1 is 1.09 bits per heavy atom. The van der Waals surface area contributed by atoms with Crippen molar-refractivity contribution in [3.8, 4) is 5.75 Å². The van der Waals surface area contributed by atoms with E-state index in [1.807, 2.05) is 39.8 Å². The van der Waals surface area contributed by atoms with Gasteiger partial charge in [0.05, 0.1) is 6.61 Å². The van der Waals surface area contributed by atoms with Gasteiger partial charge in [-0.3, -0.25) is 9.59 Å². The molecule has 8 heteroatoms. The Balaban J connectivity index is 1.21. The van der Waals surface area contributed by atoms with Gasteiger partial charge in [-0.05, 0) is 49.1 Å². The molecule has 0 unspecified atom stereocenters. The molecule has 1 fully saturated rings. The Morgan fingerprint density at radius 3 is 2.70 bits per heavy atom. The van der Waals surface area contributed by atoms with Crippen LogP contribution in [0, 0.1) is 5.92 Å². The molecule has 2 aromatic rings. The number of nitrogens with one attached hydrogen (secondary N) is 2. The third-order valence-electron chi connectivity index (χ3n) is 6.30. The van der Waals surface area contributed by atoms with Crippen LogP contribution in [-0.4, -0.2) is 47.6 Å². The van der Waals surface area contributed by atoms with Crippen molar-refractivity contribution in [3.63, 3.8) is 0 Å². The molecule has 0 spiro atoms. The molecular weight excluding hydrogens is 420 g/mol. The molecule has 0 aliphatic carbocycles. The summed E-state index contributed by atoms with van der Waals surface area (Å²) in [4.78, 5) is 38.9. The van der Waals surface area contributed by atoms with Crippen LogP contribution in [0.4, 0.5) is 10.5 Å². The number of hydrogen-bond donors (Lipinski definition) is 2. The van der Waals surface area contributed by atoms with Gasteiger partial charge in [0.25, 0.3) is 5.56 Å². The Labute approximate surface area is 193 Å². The van der Waals surface area contributed by atoms with Crippen molar-refractivity contribution >= 4 is 17.6 Å². The number of carbonyl (C=O) groups is 2. The lowest BCUT2D eigenvalue weighted by molar-refractivity contribution is -0.116. The predicted molar refractivity (Wildman–Crippen MR) is 127 cm³/mol. The monoisotopic (exact) mass is 452 g/mol. The van der Waals surface area contributed by atoms with E-state index in [9.17, 15) is 14.4 Å². The topological polar surface area (TPSA) is 92.7 Å². The first-order valence-corrected chi connectivity index (χ1v) is 11.8. The molecular formula is C25H32N4O4. The van der Waals surface area contributed by atoms with Crippen LogP contribution >= 0.6 is 0 Å². The Bertz CT molecular complexity index is 1030. The summed E-state index contributed by atoms with van der Waals surface area (Å²) in [6.45, 7) is 4.94. The summed E-state index contributed by atoms with van der Waals surface area (Å²) in [5, 5.41) is 5.72. The molecule has 0 radical (unpaired) electrons. The number of benzene rings is 1. The Kier molecular flexibility index (Phi) is 7.32. The Hall–Kier alpha value is -3.29. The zero-order valence-corrected chi connectivity index (χ0v) is 19.1. The predicted octanol–water partition coefficient (Wildman–Crippen LogP) is 3.18. The van der Waals surface area contributed by atoms with Gasteiger partial charge in [0.2, 0.25) is 5.91 Å². The van der Waals surface area contributed by atoms with E-state index in [0.29, 0.717) is 31.9 Å². The fourth-order valence-corrected chi connectivity index (χ4v) is 4.65. The molecule has 4 rings (SSSR count).